The largest absolute Gasteiger partial charge is 0.383 e. The minimum Gasteiger partial charge on any atom is -0.383 e. The number of likely N-dealkylation sites (tertiary alicyclic amines) is 1. The van der Waals surface area contributed by atoms with E-state index in [1.807, 2.05) is 7.11 Å². The monoisotopic (exact) mass is 256 g/mol. The Kier molecular flexibility index (Phi) is 7.87. The molecule has 108 valence electrons. The average molecular weight is 256 g/mol. The van der Waals surface area contributed by atoms with E-state index in [1.165, 1.54) is 32.4 Å². The lowest BCUT2D eigenvalue weighted by molar-refractivity contribution is 0.0903. The van der Waals surface area contributed by atoms with Gasteiger partial charge < -0.3 is 10.1 Å². The maximum atomic E-state index is 5.39. The van der Waals surface area contributed by atoms with Crippen LogP contribution >= 0.6 is 0 Å². The van der Waals surface area contributed by atoms with E-state index >= 15 is 0 Å². The Morgan fingerprint density at radius 3 is 2.67 bits per heavy atom. The molecule has 1 saturated heterocycles. The standard InChI is InChI=1S/C15H32N2O/c1-5-16-11-15(12-18-4)17-9-6-7-14(8-10-17)13(2)3/h13-16H,5-12H2,1-4H3. The summed E-state index contributed by atoms with van der Waals surface area (Å²) >= 11 is 0. The summed E-state index contributed by atoms with van der Waals surface area (Å²) in [6, 6.07) is 0.542. The van der Waals surface area contributed by atoms with Gasteiger partial charge in [-0.25, -0.2) is 0 Å². The van der Waals surface area contributed by atoms with Crippen LogP contribution in [0.3, 0.4) is 0 Å². The van der Waals surface area contributed by atoms with Crippen molar-refractivity contribution in [2.75, 3.05) is 39.9 Å². The van der Waals surface area contributed by atoms with Gasteiger partial charge in [0.05, 0.1) is 6.61 Å². The zero-order chi connectivity index (χ0) is 13.4. The molecule has 0 amide bonds. The van der Waals surface area contributed by atoms with Gasteiger partial charge in [-0.3, -0.25) is 4.90 Å². The molecule has 2 atom stereocenters. The number of nitrogens with zero attached hydrogens (tertiary/aromatic N) is 1. The van der Waals surface area contributed by atoms with E-state index in [0.717, 1.165) is 31.5 Å². The first kappa shape index (κ1) is 15.9. The highest BCUT2D eigenvalue weighted by atomic mass is 16.5. The Balaban J connectivity index is 2.46. The van der Waals surface area contributed by atoms with Crippen LogP contribution in [0.5, 0.6) is 0 Å². The molecule has 1 rings (SSSR count). The third kappa shape index (κ3) is 5.25. The Bertz CT molecular complexity index is 209. The first-order chi connectivity index (χ1) is 8.69. The number of rotatable bonds is 7. The van der Waals surface area contributed by atoms with Crippen molar-refractivity contribution < 1.29 is 4.74 Å². The fraction of sp³-hybridized carbons (Fsp3) is 1.00. The second-order valence-corrected chi connectivity index (χ2v) is 5.89. The summed E-state index contributed by atoms with van der Waals surface area (Å²) in [5.74, 6) is 1.75. The van der Waals surface area contributed by atoms with Crippen molar-refractivity contribution in [2.45, 2.75) is 46.1 Å². The van der Waals surface area contributed by atoms with Gasteiger partial charge in [0.2, 0.25) is 0 Å². The van der Waals surface area contributed by atoms with Crippen molar-refractivity contribution in [3.05, 3.63) is 0 Å². The normalized spacial score (nSPS) is 24.2. The van der Waals surface area contributed by atoms with Crippen LogP contribution in [-0.4, -0.2) is 50.8 Å². The predicted molar refractivity (Wildman–Crippen MR) is 78.0 cm³/mol. The molecule has 0 saturated carbocycles. The molecule has 0 aromatic heterocycles. The van der Waals surface area contributed by atoms with E-state index in [1.54, 1.807) is 0 Å². The average Bonchev–Trinajstić information content (AvgIpc) is 2.60. The van der Waals surface area contributed by atoms with E-state index in [0.29, 0.717) is 6.04 Å². The lowest BCUT2D eigenvalue weighted by atomic mass is 9.89. The zero-order valence-electron chi connectivity index (χ0n) is 12.7. The fourth-order valence-corrected chi connectivity index (χ4v) is 2.97. The Labute approximate surface area is 113 Å². The van der Waals surface area contributed by atoms with Gasteiger partial charge in [-0.05, 0) is 50.7 Å². The van der Waals surface area contributed by atoms with Crippen molar-refractivity contribution in [3.8, 4) is 0 Å². The molecule has 0 aromatic carbocycles. The molecule has 1 N–H and O–H groups in total. The van der Waals surface area contributed by atoms with Gasteiger partial charge >= 0.3 is 0 Å². The van der Waals surface area contributed by atoms with Gasteiger partial charge in [0.1, 0.15) is 0 Å². The van der Waals surface area contributed by atoms with Crippen LogP contribution < -0.4 is 5.32 Å². The van der Waals surface area contributed by atoms with Crippen molar-refractivity contribution in [1.82, 2.24) is 10.2 Å². The second kappa shape index (κ2) is 8.89. The maximum Gasteiger partial charge on any atom is 0.0630 e. The van der Waals surface area contributed by atoms with Crippen LogP contribution in [0.2, 0.25) is 0 Å². The molecular weight excluding hydrogens is 224 g/mol. The maximum absolute atomic E-state index is 5.39. The van der Waals surface area contributed by atoms with Gasteiger partial charge in [0.25, 0.3) is 0 Å². The highest BCUT2D eigenvalue weighted by molar-refractivity contribution is 4.79. The Morgan fingerprint density at radius 1 is 1.28 bits per heavy atom. The number of nitrogens with one attached hydrogen (secondary N) is 1. The lowest BCUT2D eigenvalue weighted by Crippen LogP contribution is -2.45. The molecule has 1 aliphatic heterocycles. The second-order valence-electron chi connectivity index (χ2n) is 5.89. The summed E-state index contributed by atoms with van der Waals surface area (Å²) in [6.07, 6.45) is 4.09. The van der Waals surface area contributed by atoms with E-state index in [2.05, 4.69) is 31.0 Å². The van der Waals surface area contributed by atoms with Gasteiger partial charge in [-0.15, -0.1) is 0 Å². The SMILES string of the molecule is CCNCC(COC)N1CCCC(C(C)C)CC1. The number of hydrogen-bond acceptors (Lipinski definition) is 3. The first-order valence-corrected chi connectivity index (χ1v) is 7.62. The topological polar surface area (TPSA) is 24.5 Å². The number of methoxy groups -OCH3 is 1. The lowest BCUT2D eigenvalue weighted by Gasteiger charge is -2.30. The van der Waals surface area contributed by atoms with E-state index < -0.39 is 0 Å². The summed E-state index contributed by atoms with van der Waals surface area (Å²) in [4.78, 5) is 2.63. The van der Waals surface area contributed by atoms with Crippen molar-refractivity contribution in [2.24, 2.45) is 11.8 Å². The molecule has 1 heterocycles. The highest BCUT2D eigenvalue weighted by Crippen LogP contribution is 2.25. The number of likely N-dealkylation sites (N-methyl/N-ethyl adjacent to an activating group) is 1. The van der Waals surface area contributed by atoms with Crippen molar-refractivity contribution >= 4 is 0 Å². The number of hydrogen-bond donors (Lipinski definition) is 1. The quantitative estimate of drug-likeness (QED) is 0.757. The van der Waals surface area contributed by atoms with Crippen molar-refractivity contribution in [1.29, 1.82) is 0 Å². The van der Waals surface area contributed by atoms with Gasteiger partial charge in [0.15, 0.2) is 0 Å². The molecule has 0 aliphatic carbocycles. The fourth-order valence-electron chi connectivity index (χ4n) is 2.97. The Morgan fingerprint density at radius 2 is 2.06 bits per heavy atom. The van der Waals surface area contributed by atoms with Gasteiger partial charge in [0, 0.05) is 19.7 Å². The summed E-state index contributed by atoms with van der Waals surface area (Å²) in [5, 5.41) is 3.46. The molecule has 3 nitrogen and oxygen atoms in total. The van der Waals surface area contributed by atoms with Crippen LogP contribution in [0.1, 0.15) is 40.0 Å². The first-order valence-electron chi connectivity index (χ1n) is 7.62. The van der Waals surface area contributed by atoms with Crippen LogP contribution in [-0.2, 0) is 4.74 Å². The van der Waals surface area contributed by atoms with E-state index in [4.69, 9.17) is 4.74 Å². The molecule has 1 fully saturated rings. The van der Waals surface area contributed by atoms with Crippen LogP contribution in [0, 0.1) is 11.8 Å². The third-order valence-electron chi connectivity index (χ3n) is 4.26. The summed E-state index contributed by atoms with van der Waals surface area (Å²) < 4.78 is 5.39. The van der Waals surface area contributed by atoms with E-state index in [-0.39, 0.29) is 0 Å². The molecule has 0 aromatic rings. The minimum atomic E-state index is 0.542. The molecule has 3 heteroatoms. The summed E-state index contributed by atoms with van der Waals surface area (Å²) in [5.41, 5.74) is 0. The Hall–Kier alpha value is -0.120. The number of ether oxygens (including phenoxy) is 1. The summed E-state index contributed by atoms with van der Waals surface area (Å²) in [6.45, 7) is 12.3. The molecule has 2 unspecified atom stereocenters. The molecule has 18 heavy (non-hydrogen) atoms. The van der Waals surface area contributed by atoms with Crippen LogP contribution in [0.4, 0.5) is 0 Å². The van der Waals surface area contributed by atoms with Crippen LogP contribution in [0.25, 0.3) is 0 Å². The van der Waals surface area contributed by atoms with Gasteiger partial charge in [-0.1, -0.05) is 20.8 Å². The zero-order valence-corrected chi connectivity index (χ0v) is 12.7. The molecular formula is C15H32N2O. The van der Waals surface area contributed by atoms with Crippen LogP contribution in [0.15, 0.2) is 0 Å². The van der Waals surface area contributed by atoms with Gasteiger partial charge in [-0.2, -0.15) is 0 Å². The minimum absolute atomic E-state index is 0.542. The molecule has 0 radical (unpaired) electrons. The molecule has 0 bridgehead atoms. The predicted octanol–water partition coefficient (Wildman–Crippen LogP) is 2.37. The smallest absolute Gasteiger partial charge is 0.0630 e. The summed E-state index contributed by atoms with van der Waals surface area (Å²) in [7, 11) is 1.81. The molecule has 0 spiro atoms. The highest BCUT2D eigenvalue weighted by Gasteiger charge is 2.24. The third-order valence-corrected chi connectivity index (χ3v) is 4.26. The molecule has 1 aliphatic rings. The van der Waals surface area contributed by atoms with Crippen molar-refractivity contribution in [3.63, 3.8) is 0 Å². The van der Waals surface area contributed by atoms with E-state index in [9.17, 15) is 0 Å².